The number of carbonyl (C=O) groups excluding carboxylic acids is 1. The highest BCUT2D eigenvalue weighted by Gasteiger charge is 2.22. The molecule has 98 valence electrons. The van der Waals surface area contributed by atoms with Gasteiger partial charge in [0, 0.05) is 17.4 Å². The zero-order chi connectivity index (χ0) is 13.0. The molecule has 1 aliphatic carbocycles. The van der Waals surface area contributed by atoms with Gasteiger partial charge in [-0.1, -0.05) is 18.0 Å². The van der Waals surface area contributed by atoms with Crippen LogP contribution in [0.3, 0.4) is 0 Å². The van der Waals surface area contributed by atoms with Gasteiger partial charge in [0.2, 0.25) is 0 Å². The van der Waals surface area contributed by atoms with Crippen molar-refractivity contribution >= 4 is 17.4 Å². The van der Waals surface area contributed by atoms with E-state index in [0.29, 0.717) is 5.78 Å². The number of benzene rings is 1. The lowest BCUT2D eigenvalue weighted by Gasteiger charge is -2.20. The number of ketones is 1. The number of Topliss-reactive ketones (excluding diaryl/α,β-unsaturated/α-hetero) is 1. The van der Waals surface area contributed by atoms with Crippen molar-refractivity contribution in [2.24, 2.45) is 5.92 Å². The van der Waals surface area contributed by atoms with Gasteiger partial charge in [0.15, 0.2) is 0 Å². The molecule has 0 aliphatic heterocycles. The Hall–Kier alpha value is -1.02. The molecule has 1 aromatic rings. The van der Waals surface area contributed by atoms with E-state index >= 15 is 0 Å². The van der Waals surface area contributed by atoms with Crippen molar-refractivity contribution in [1.82, 2.24) is 0 Å². The Labute approximate surface area is 113 Å². The minimum absolute atomic E-state index is 0.238. The van der Waals surface area contributed by atoms with Crippen molar-refractivity contribution < 1.29 is 9.53 Å². The lowest BCUT2D eigenvalue weighted by molar-refractivity contribution is -0.124. The molecule has 0 N–H and O–H groups in total. The zero-order valence-corrected chi connectivity index (χ0v) is 11.5. The van der Waals surface area contributed by atoms with Crippen molar-refractivity contribution in [2.45, 2.75) is 38.5 Å². The van der Waals surface area contributed by atoms with Gasteiger partial charge in [-0.3, -0.25) is 4.79 Å². The first-order valence-corrected chi connectivity index (χ1v) is 6.93. The van der Waals surface area contributed by atoms with Crippen LogP contribution >= 0.6 is 11.6 Å². The second-order valence-corrected chi connectivity index (χ2v) is 5.34. The quantitative estimate of drug-likeness (QED) is 0.822. The average molecular weight is 267 g/mol. The highest BCUT2D eigenvalue weighted by molar-refractivity contribution is 6.30. The predicted molar refractivity (Wildman–Crippen MR) is 73.3 cm³/mol. The van der Waals surface area contributed by atoms with Crippen LogP contribution in [0.2, 0.25) is 5.02 Å². The molecule has 2 rings (SSSR count). The second-order valence-electron chi connectivity index (χ2n) is 4.90. The number of hydrogen-bond donors (Lipinski definition) is 0. The Morgan fingerprint density at radius 2 is 2.22 bits per heavy atom. The van der Waals surface area contributed by atoms with E-state index in [1.54, 1.807) is 7.11 Å². The van der Waals surface area contributed by atoms with E-state index in [-0.39, 0.29) is 5.92 Å². The topological polar surface area (TPSA) is 26.3 Å². The molecule has 0 amide bonds. The van der Waals surface area contributed by atoms with Gasteiger partial charge in [-0.05, 0) is 49.4 Å². The fourth-order valence-corrected chi connectivity index (χ4v) is 2.83. The highest BCUT2D eigenvalue weighted by atomic mass is 35.5. The maximum Gasteiger partial charge on any atom is 0.135 e. The number of halogens is 1. The molecule has 0 saturated heterocycles. The van der Waals surface area contributed by atoms with Gasteiger partial charge in [0.05, 0.1) is 7.11 Å². The summed E-state index contributed by atoms with van der Waals surface area (Å²) in [5.41, 5.74) is 1.10. The molecule has 1 fully saturated rings. The number of aryl methyl sites for hydroxylation is 1. The van der Waals surface area contributed by atoms with E-state index < -0.39 is 0 Å². The van der Waals surface area contributed by atoms with Crippen molar-refractivity contribution in [3.63, 3.8) is 0 Å². The Bertz CT molecular complexity index is 429. The molecule has 1 saturated carbocycles. The summed E-state index contributed by atoms with van der Waals surface area (Å²) in [4.78, 5) is 11.8. The van der Waals surface area contributed by atoms with Gasteiger partial charge < -0.3 is 4.74 Å². The molecular weight excluding hydrogens is 248 g/mol. The summed E-state index contributed by atoms with van der Waals surface area (Å²) in [5, 5.41) is 0.723. The number of hydrogen-bond acceptors (Lipinski definition) is 2. The lowest BCUT2D eigenvalue weighted by Crippen LogP contribution is -2.19. The normalized spacial score (nSPS) is 19.9. The predicted octanol–water partition coefficient (Wildman–Crippen LogP) is 4.04. The molecule has 18 heavy (non-hydrogen) atoms. The SMILES string of the molecule is COc1ccc(Cl)cc1CCC1CCCCC1=O. The van der Waals surface area contributed by atoms with Crippen molar-refractivity contribution in [3.05, 3.63) is 28.8 Å². The summed E-state index contributed by atoms with van der Waals surface area (Å²) < 4.78 is 5.32. The molecule has 0 aromatic heterocycles. The van der Waals surface area contributed by atoms with E-state index in [2.05, 4.69) is 0 Å². The number of carbonyl (C=O) groups is 1. The summed E-state index contributed by atoms with van der Waals surface area (Å²) in [5.74, 6) is 1.53. The van der Waals surface area contributed by atoms with E-state index in [1.165, 1.54) is 6.42 Å². The number of methoxy groups -OCH3 is 1. The van der Waals surface area contributed by atoms with Gasteiger partial charge in [0.1, 0.15) is 11.5 Å². The van der Waals surface area contributed by atoms with E-state index in [4.69, 9.17) is 16.3 Å². The minimum Gasteiger partial charge on any atom is -0.496 e. The summed E-state index contributed by atoms with van der Waals surface area (Å²) >= 11 is 6.00. The fourth-order valence-electron chi connectivity index (χ4n) is 2.63. The maximum absolute atomic E-state index is 11.8. The molecule has 0 heterocycles. The van der Waals surface area contributed by atoms with Crippen LogP contribution in [0, 0.1) is 5.92 Å². The third-order valence-electron chi connectivity index (χ3n) is 3.69. The Balaban J connectivity index is 2.00. The minimum atomic E-state index is 0.238. The van der Waals surface area contributed by atoms with Crippen LogP contribution in [0.25, 0.3) is 0 Å². The molecular formula is C15H19ClO2. The molecule has 1 aliphatic rings. The average Bonchev–Trinajstić information content (AvgIpc) is 2.38. The van der Waals surface area contributed by atoms with Gasteiger partial charge >= 0.3 is 0 Å². The van der Waals surface area contributed by atoms with Crippen molar-refractivity contribution in [1.29, 1.82) is 0 Å². The molecule has 1 atom stereocenters. The fraction of sp³-hybridized carbons (Fsp3) is 0.533. The molecule has 0 bridgehead atoms. The van der Waals surface area contributed by atoms with Gasteiger partial charge in [0.25, 0.3) is 0 Å². The Kier molecular flexibility index (Phi) is 4.65. The van der Waals surface area contributed by atoms with E-state index in [1.807, 2.05) is 18.2 Å². The summed E-state index contributed by atoms with van der Waals surface area (Å²) in [7, 11) is 1.67. The van der Waals surface area contributed by atoms with Crippen LogP contribution in [0.5, 0.6) is 5.75 Å². The van der Waals surface area contributed by atoms with Crippen LogP contribution < -0.4 is 4.74 Å². The highest BCUT2D eigenvalue weighted by Crippen LogP contribution is 2.28. The molecule has 0 spiro atoms. The van der Waals surface area contributed by atoms with Gasteiger partial charge in [-0.2, -0.15) is 0 Å². The molecule has 0 radical (unpaired) electrons. The van der Waals surface area contributed by atoms with Crippen molar-refractivity contribution in [2.75, 3.05) is 7.11 Å². The number of rotatable bonds is 4. The van der Waals surface area contributed by atoms with E-state index in [9.17, 15) is 4.79 Å². The lowest BCUT2D eigenvalue weighted by atomic mass is 9.84. The molecule has 1 aromatic carbocycles. The summed E-state index contributed by atoms with van der Waals surface area (Å²) in [6.45, 7) is 0. The monoisotopic (exact) mass is 266 g/mol. The standard InChI is InChI=1S/C15H19ClO2/c1-18-15-9-8-13(16)10-12(15)7-6-11-4-2-3-5-14(11)17/h8-11H,2-7H2,1H3. The summed E-state index contributed by atoms with van der Waals surface area (Å²) in [6, 6.07) is 5.66. The third kappa shape index (κ3) is 3.26. The van der Waals surface area contributed by atoms with Crippen LogP contribution in [-0.4, -0.2) is 12.9 Å². The van der Waals surface area contributed by atoms with Crippen LogP contribution in [0.1, 0.15) is 37.7 Å². The van der Waals surface area contributed by atoms with Crippen molar-refractivity contribution in [3.8, 4) is 5.75 Å². The zero-order valence-electron chi connectivity index (χ0n) is 10.7. The third-order valence-corrected chi connectivity index (χ3v) is 3.92. The molecule has 1 unspecified atom stereocenters. The first-order valence-electron chi connectivity index (χ1n) is 6.56. The smallest absolute Gasteiger partial charge is 0.135 e. The van der Waals surface area contributed by atoms with Crippen LogP contribution in [-0.2, 0) is 11.2 Å². The maximum atomic E-state index is 11.8. The van der Waals surface area contributed by atoms with Gasteiger partial charge in [-0.15, -0.1) is 0 Å². The van der Waals surface area contributed by atoms with Gasteiger partial charge in [-0.25, -0.2) is 0 Å². The second kappa shape index (κ2) is 6.24. The van der Waals surface area contributed by atoms with Crippen LogP contribution in [0.4, 0.5) is 0 Å². The molecule has 3 heteroatoms. The Morgan fingerprint density at radius 1 is 1.39 bits per heavy atom. The number of ether oxygens (including phenoxy) is 1. The van der Waals surface area contributed by atoms with E-state index in [0.717, 1.165) is 48.4 Å². The van der Waals surface area contributed by atoms with Crippen LogP contribution in [0.15, 0.2) is 18.2 Å². The first-order chi connectivity index (χ1) is 8.70. The largest absolute Gasteiger partial charge is 0.496 e. The first kappa shape index (κ1) is 13.4. The summed E-state index contributed by atoms with van der Waals surface area (Å²) in [6.07, 6.45) is 5.83. The molecule has 2 nitrogen and oxygen atoms in total. The Morgan fingerprint density at radius 3 is 2.94 bits per heavy atom.